The second-order valence-electron chi connectivity index (χ2n) is 11.1. The summed E-state index contributed by atoms with van der Waals surface area (Å²) in [5.41, 5.74) is 2.38. The van der Waals surface area contributed by atoms with E-state index in [1.165, 1.54) is 44.1 Å². The molecule has 0 aliphatic heterocycles. The Hall–Kier alpha value is -2.60. The molecule has 0 saturated heterocycles. The fourth-order valence-corrected chi connectivity index (χ4v) is 5.65. The number of methoxy groups -OCH3 is 1. The Labute approximate surface area is 236 Å². The van der Waals surface area contributed by atoms with E-state index in [0.29, 0.717) is 26.1 Å². The number of hydrogen-bond acceptors (Lipinski definition) is 3. The largest absolute Gasteiger partial charge is 0.383 e. The average Bonchev–Trinajstić information content (AvgIpc) is 3.40. The molecule has 2 aromatic rings. The number of amides is 2. The molecule has 1 aliphatic rings. The van der Waals surface area contributed by atoms with Crippen molar-refractivity contribution in [3.63, 3.8) is 0 Å². The molecule has 3 rings (SSSR count). The van der Waals surface area contributed by atoms with Gasteiger partial charge in [-0.3, -0.25) is 9.59 Å². The summed E-state index contributed by atoms with van der Waals surface area (Å²) in [6.45, 7) is 4.63. The van der Waals surface area contributed by atoms with E-state index in [9.17, 15) is 9.59 Å². The van der Waals surface area contributed by atoms with E-state index >= 15 is 0 Å². The molecule has 1 aromatic heterocycles. The number of unbranched alkanes of at least 4 members (excludes halogenated alkanes) is 6. The summed E-state index contributed by atoms with van der Waals surface area (Å²) in [6.07, 6.45) is 16.5. The molecule has 2 amide bonds. The van der Waals surface area contributed by atoms with Gasteiger partial charge in [-0.05, 0) is 37.0 Å². The van der Waals surface area contributed by atoms with Gasteiger partial charge in [0.2, 0.25) is 11.8 Å². The smallest absolute Gasteiger partial charge is 0.242 e. The van der Waals surface area contributed by atoms with E-state index in [0.717, 1.165) is 50.8 Å². The normalized spacial score (nSPS) is 13.9. The molecule has 0 atom stereocenters. The maximum absolute atomic E-state index is 13.9. The van der Waals surface area contributed by atoms with Gasteiger partial charge in [0.05, 0.1) is 19.7 Å². The predicted octanol–water partition coefficient (Wildman–Crippen LogP) is 6.81. The van der Waals surface area contributed by atoms with Crippen LogP contribution in [0, 0.1) is 0 Å². The first-order valence-corrected chi connectivity index (χ1v) is 15.4. The molecule has 0 radical (unpaired) electrons. The second kappa shape index (κ2) is 17.9. The fourth-order valence-electron chi connectivity index (χ4n) is 5.65. The lowest BCUT2D eigenvalue weighted by Crippen LogP contribution is -2.48. The van der Waals surface area contributed by atoms with Gasteiger partial charge in [-0.1, -0.05) is 95.0 Å². The van der Waals surface area contributed by atoms with Crippen molar-refractivity contribution in [3.8, 4) is 0 Å². The molecule has 1 aromatic carbocycles. The first-order chi connectivity index (χ1) is 19.1. The topological polar surface area (TPSA) is 54.8 Å². The van der Waals surface area contributed by atoms with Crippen LogP contribution in [0.3, 0.4) is 0 Å². The van der Waals surface area contributed by atoms with Crippen LogP contribution in [0.1, 0.15) is 102 Å². The Morgan fingerprint density at radius 1 is 0.897 bits per heavy atom. The number of rotatable bonds is 18. The Morgan fingerprint density at radius 3 is 2.33 bits per heavy atom. The zero-order valence-corrected chi connectivity index (χ0v) is 24.5. The summed E-state index contributed by atoms with van der Waals surface area (Å²) < 4.78 is 7.54. The molecule has 1 aliphatic carbocycles. The third kappa shape index (κ3) is 10.8. The van der Waals surface area contributed by atoms with Gasteiger partial charge < -0.3 is 19.1 Å². The van der Waals surface area contributed by atoms with Crippen molar-refractivity contribution in [1.29, 1.82) is 0 Å². The van der Waals surface area contributed by atoms with Crippen molar-refractivity contribution in [2.75, 3.05) is 26.8 Å². The Kier molecular flexibility index (Phi) is 14.2. The molecule has 216 valence electrons. The SMILES string of the molecule is CCCCCCCCCC(=O)N(CCOC)CC(=O)N(Cc1cccn1Cc1ccccc1)C1CCCCC1. The lowest BCUT2D eigenvalue weighted by Gasteiger charge is -2.36. The third-order valence-corrected chi connectivity index (χ3v) is 8.03. The maximum Gasteiger partial charge on any atom is 0.242 e. The van der Waals surface area contributed by atoms with E-state index in [1.54, 1.807) is 12.0 Å². The van der Waals surface area contributed by atoms with E-state index in [-0.39, 0.29) is 24.4 Å². The van der Waals surface area contributed by atoms with Gasteiger partial charge in [0.25, 0.3) is 0 Å². The maximum atomic E-state index is 13.9. The molecule has 6 heteroatoms. The lowest BCUT2D eigenvalue weighted by atomic mass is 9.94. The van der Waals surface area contributed by atoms with Crippen LogP contribution in [-0.2, 0) is 27.4 Å². The van der Waals surface area contributed by atoms with Gasteiger partial charge in [-0.15, -0.1) is 0 Å². The number of benzene rings is 1. The molecule has 39 heavy (non-hydrogen) atoms. The number of aromatic nitrogens is 1. The highest BCUT2D eigenvalue weighted by atomic mass is 16.5. The van der Waals surface area contributed by atoms with Crippen LogP contribution in [0.15, 0.2) is 48.7 Å². The summed E-state index contributed by atoms with van der Waals surface area (Å²) in [6, 6.07) is 14.9. The van der Waals surface area contributed by atoms with Gasteiger partial charge in [0, 0.05) is 44.6 Å². The minimum Gasteiger partial charge on any atom is -0.383 e. The summed E-state index contributed by atoms with van der Waals surface area (Å²) in [7, 11) is 1.65. The zero-order valence-electron chi connectivity index (χ0n) is 24.5. The van der Waals surface area contributed by atoms with Gasteiger partial charge in [-0.2, -0.15) is 0 Å². The van der Waals surface area contributed by atoms with E-state index in [1.807, 2.05) is 6.07 Å². The van der Waals surface area contributed by atoms with Crippen molar-refractivity contribution in [2.24, 2.45) is 0 Å². The summed E-state index contributed by atoms with van der Waals surface area (Å²) >= 11 is 0. The van der Waals surface area contributed by atoms with Crippen molar-refractivity contribution in [3.05, 3.63) is 59.9 Å². The van der Waals surface area contributed by atoms with E-state index in [2.05, 4.69) is 59.0 Å². The van der Waals surface area contributed by atoms with Crippen molar-refractivity contribution in [1.82, 2.24) is 14.4 Å². The standard InChI is InChI=1S/C33H51N3O3/c1-3-4-5-6-7-8-15-22-32(37)35(24-25-39-2)28-33(38)36(30-19-13-10-14-20-30)27-31-21-16-23-34(31)26-29-17-11-9-12-18-29/h9,11-12,16-18,21,23,30H,3-8,10,13-15,19-20,22,24-28H2,1-2H3. The van der Waals surface area contributed by atoms with E-state index in [4.69, 9.17) is 4.74 Å². The molecule has 1 saturated carbocycles. The number of hydrogen-bond donors (Lipinski definition) is 0. The molecular weight excluding hydrogens is 486 g/mol. The number of carbonyl (C=O) groups excluding carboxylic acids is 2. The van der Waals surface area contributed by atoms with Gasteiger partial charge in [0.1, 0.15) is 0 Å². The monoisotopic (exact) mass is 537 g/mol. The number of ether oxygens (including phenoxy) is 1. The lowest BCUT2D eigenvalue weighted by molar-refractivity contribution is -0.143. The van der Waals surface area contributed by atoms with Crippen LogP contribution in [0.5, 0.6) is 0 Å². The van der Waals surface area contributed by atoms with Gasteiger partial charge >= 0.3 is 0 Å². The highest BCUT2D eigenvalue weighted by Crippen LogP contribution is 2.25. The molecule has 0 bridgehead atoms. The molecule has 0 unspecified atom stereocenters. The molecule has 6 nitrogen and oxygen atoms in total. The van der Waals surface area contributed by atoms with Crippen molar-refractivity contribution in [2.45, 2.75) is 110 Å². The Morgan fingerprint density at radius 2 is 1.62 bits per heavy atom. The van der Waals surface area contributed by atoms with Crippen LogP contribution in [-0.4, -0.2) is 59.0 Å². The molecule has 1 fully saturated rings. The molecule has 1 heterocycles. The second-order valence-corrected chi connectivity index (χ2v) is 11.1. The molecule has 0 spiro atoms. The Bertz CT molecular complexity index is 952. The average molecular weight is 538 g/mol. The third-order valence-electron chi connectivity index (χ3n) is 8.03. The number of carbonyl (C=O) groups is 2. The summed E-state index contributed by atoms with van der Waals surface area (Å²) in [4.78, 5) is 30.9. The molecule has 0 N–H and O–H groups in total. The minimum atomic E-state index is 0.0541. The molecular formula is C33H51N3O3. The van der Waals surface area contributed by atoms with Gasteiger partial charge in [-0.25, -0.2) is 0 Å². The van der Waals surface area contributed by atoms with Crippen molar-refractivity contribution >= 4 is 11.8 Å². The summed E-state index contributed by atoms with van der Waals surface area (Å²) in [5.74, 6) is 0.128. The van der Waals surface area contributed by atoms with Crippen LogP contribution in [0.25, 0.3) is 0 Å². The first kappa shape index (κ1) is 30.9. The van der Waals surface area contributed by atoms with E-state index < -0.39 is 0 Å². The van der Waals surface area contributed by atoms with Gasteiger partial charge in [0.15, 0.2) is 0 Å². The fraction of sp³-hybridized carbons (Fsp3) is 0.636. The summed E-state index contributed by atoms with van der Waals surface area (Å²) in [5, 5.41) is 0. The van der Waals surface area contributed by atoms with Crippen LogP contribution >= 0.6 is 0 Å². The van der Waals surface area contributed by atoms with Crippen LogP contribution < -0.4 is 0 Å². The first-order valence-electron chi connectivity index (χ1n) is 15.4. The number of nitrogens with zero attached hydrogens (tertiary/aromatic N) is 3. The zero-order chi connectivity index (χ0) is 27.7. The minimum absolute atomic E-state index is 0.0541. The Balaban J connectivity index is 1.64. The predicted molar refractivity (Wildman–Crippen MR) is 158 cm³/mol. The van der Waals surface area contributed by atoms with Crippen LogP contribution in [0.4, 0.5) is 0 Å². The highest BCUT2D eigenvalue weighted by molar-refractivity contribution is 5.85. The van der Waals surface area contributed by atoms with Crippen molar-refractivity contribution < 1.29 is 14.3 Å². The van der Waals surface area contributed by atoms with Crippen LogP contribution in [0.2, 0.25) is 0 Å². The highest BCUT2D eigenvalue weighted by Gasteiger charge is 2.28. The quantitative estimate of drug-likeness (QED) is 0.196.